The first kappa shape index (κ1) is 20.8. The Hall–Kier alpha value is -1.25. The highest BCUT2D eigenvalue weighted by atomic mass is 35.5. The van der Waals surface area contributed by atoms with Gasteiger partial charge in [0.05, 0.1) is 11.0 Å². The minimum Gasteiger partial charge on any atom is -0.360 e. The van der Waals surface area contributed by atoms with Crippen molar-refractivity contribution >= 4 is 41.8 Å². The number of likely N-dealkylation sites (N-methyl/N-ethyl adjacent to an activating group) is 1. The molecule has 1 heterocycles. The van der Waals surface area contributed by atoms with E-state index in [9.17, 15) is 9.59 Å². The summed E-state index contributed by atoms with van der Waals surface area (Å²) in [5.41, 5.74) is 0. The van der Waals surface area contributed by atoms with Gasteiger partial charge < -0.3 is 20.5 Å². The van der Waals surface area contributed by atoms with Crippen LogP contribution in [0.5, 0.6) is 0 Å². The predicted molar refractivity (Wildman–Crippen MR) is 90.6 cm³/mol. The molecular weight excluding hydrogens is 328 g/mol. The van der Waals surface area contributed by atoms with Gasteiger partial charge >= 0.3 is 0 Å². The Morgan fingerprint density at radius 2 is 2.09 bits per heavy atom. The standard InChI is InChI=1S/C13H22N4O3S.ClH/c1-8(14-4)6-15-12(18)7-21-10(3)13(19)16-11-5-9(2)20-17-11;/h5,8,10,14H,6-7H2,1-4H3,(H,15,18)(H,16,17,19);1H. The second-order valence-electron chi connectivity index (χ2n) is 4.76. The maximum absolute atomic E-state index is 11.9. The quantitative estimate of drug-likeness (QED) is 0.651. The van der Waals surface area contributed by atoms with Crippen molar-refractivity contribution < 1.29 is 14.1 Å². The number of hydrogen-bond acceptors (Lipinski definition) is 6. The minimum atomic E-state index is -0.352. The van der Waals surface area contributed by atoms with Crippen LogP contribution in [0.3, 0.4) is 0 Å². The molecule has 0 bridgehead atoms. The lowest BCUT2D eigenvalue weighted by molar-refractivity contribution is -0.118. The first-order valence-electron chi connectivity index (χ1n) is 6.72. The van der Waals surface area contributed by atoms with Gasteiger partial charge in [-0.2, -0.15) is 0 Å². The van der Waals surface area contributed by atoms with E-state index in [1.807, 2.05) is 14.0 Å². The SMILES string of the molecule is CNC(C)CNC(=O)CSC(C)C(=O)Nc1cc(C)on1.Cl. The number of rotatable bonds is 8. The van der Waals surface area contributed by atoms with E-state index >= 15 is 0 Å². The molecule has 0 aliphatic rings. The summed E-state index contributed by atoms with van der Waals surface area (Å²) < 4.78 is 4.87. The number of thioether (sulfide) groups is 1. The Balaban J connectivity index is 0.00000441. The van der Waals surface area contributed by atoms with Crippen molar-refractivity contribution in [1.29, 1.82) is 0 Å². The number of hydrogen-bond donors (Lipinski definition) is 3. The highest BCUT2D eigenvalue weighted by Gasteiger charge is 2.16. The summed E-state index contributed by atoms with van der Waals surface area (Å²) in [6.07, 6.45) is 0. The van der Waals surface area contributed by atoms with Gasteiger partial charge in [-0.15, -0.1) is 24.2 Å². The zero-order chi connectivity index (χ0) is 15.8. The summed E-state index contributed by atoms with van der Waals surface area (Å²) in [5, 5.41) is 11.8. The molecular formula is C13H23ClN4O3S. The van der Waals surface area contributed by atoms with E-state index in [4.69, 9.17) is 4.52 Å². The zero-order valence-corrected chi connectivity index (χ0v) is 14.8. The number of carbonyl (C=O) groups is 2. The molecule has 3 N–H and O–H groups in total. The molecule has 2 amide bonds. The van der Waals surface area contributed by atoms with Crippen molar-refractivity contribution in [2.24, 2.45) is 0 Å². The van der Waals surface area contributed by atoms with Crippen LogP contribution in [0.4, 0.5) is 5.82 Å². The molecule has 0 spiro atoms. The van der Waals surface area contributed by atoms with Crippen molar-refractivity contribution in [2.45, 2.75) is 32.1 Å². The number of anilines is 1. The highest BCUT2D eigenvalue weighted by Crippen LogP contribution is 2.14. The molecule has 9 heteroatoms. The Morgan fingerprint density at radius 1 is 1.41 bits per heavy atom. The third kappa shape index (κ3) is 7.67. The van der Waals surface area contributed by atoms with Crippen LogP contribution in [0.2, 0.25) is 0 Å². The average molecular weight is 351 g/mol. The Kier molecular flexibility index (Phi) is 9.88. The second-order valence-corrected chi connectivity index (χ2v) is 6.09. The van der Waals surface area contributed by atoms with Crippen LogP contribution < -0.4 is 16.0 Å². The summed E-state index contributed by atoms with van der Waals surface area (Å²) in [5.74, 6) is 0.965. The van der Waals surface area contributed by atoms with Crippen LogP contribution in [0, 0.1) is 6.92 Å². The van der Waals surface area contributed by atoms with Gasteiger partial charge in [-0.05, 0) is 27.8 Å². The Labute approximate surface area is 140 Å². The van der Waals surface area contributed by atoms with Gasteiger partial charge in [-0.3, -0.25) is 9.59 Å². The number of nitrogens with one attached hydrogen (secondary N) is 3. The van der Waals surface area contributed by atoms with Gasteiger partial charge in [-0.25, -0.2) is 0 Å². The summed E-state index contributed by atoms with van der Waals surface area (Å²) in [7, 11) is 1.84. The first-order chi connectivity index (χ1) is 9.92. The fourth-order valence-electron chi connectivity index (χ4n) is 1.35. The summed E-state index contributed by atoms with van der Waals surface area (Å²) >= 11 is 1.28. The number of nitrogens with zero attached hydrogens (tertiary/aromatic N) is 1. The highest BCUT2D eigenvalue weighted by molar-refractivity contribution is 8.01. The molecule has 0 aliphatic carbocycles. The maximum Gasteiger partial charge on any atom is 0.238 e. The number of halogens is 1. The molecule has 0 radical (unpaired) electrons. The first-order valence-corrected chi connectivity index (χ1v) is 7.77. The molecule has 2 unspecified atom stereocenters. The van der Waals surface area contributed by atoms with Crippen LogP contribution in [-0.4, -0.2) is 47.6 Å². The normalized spacial score (nSPS) is 12.9. The Bertz CT molecular complexity index is 484. The van der Waals surface area contributed by atoms with E-state index in [-0.39, 0.29) is 41.3 Å². The molecule has 0 saturated heterocycles. The molecule has 7 nitrogen and oxygen atoms in total. The van der Waals surface area contributed by atoms with Gasteiger partial charge in [0.1, 0.15) is 5.76 Å². The van der Waals surface area contributed by atoms with Crippen LogP contribution in [0.1, 0.15) is 19.6 Å². The molecule has 0 fully saturated rings. The monoisotopic (exact) mass is 350 g/mol. The van der Waals surface area contributed by atoms with Crippen molar-refractivity contribution in [3.05, 3.63) is 11.8 Å². The van der Waals surface area contributed by atoms with Crippen LogP contribution in [-0.2, 0) is 9.59 Å². The van der Waals surface area contributed by atoms with Crippen LogP contribution in [0.25, 0.3) is 0 Å². The van der Waals surface area contributed by atoms with Gasteiger partial charge in [0.25, 0.3) is 0 Å². The molecule has 126 valence electrons. The van der Waals surface area contributed by atoms with Gasteiger partial charge in [0.2, 0.25) is 11.8 Å². The number of aromatic nitrogens is 1. The van der Waals surface area contributed by atoms with Gasteiger partial charge in [-0.1, -0.05) is 5.16 Å². The third-order valence-electron chi connectivity index (χ3n) is 2.81. The van der Waals surface area contributed by atoms with Crippen LogP contribution in [0.15, 0.2) is 10.6 Å². The van der Waals surface area contributed by atoms with Crippen molar-refractivity contribution in [3.63, 3.8) is 0 Å². The van der Waals surface area contributed by atoms with Crippen molar-refractivity contribution in [2.75, 3.05) is 24.7 Å². The van der Waals surface area contributed by atoms with E-state index in [0.717, 1.165) is 0 Å². The number of carbonyl (C=O) groups excluding carboxylic acids is 2. The topological polar surface area (TPSA) is 96.3 Å². The fourth-order valence-corrected chi connectivity index (χ4v) is 2.06. The molecule has 0 aliphatic heterocycles. The molecule has 0 saturated carbocycles. The summed E-state index contributed by atoms with van der Waals surface area (Å²) in [4.78, 5) is 23.5. The fraction of sp³-hybridized carbons (Fsp3) is 0.615. The number of amides is 2. The molecule has 2 atom stereocenters. The van der Waals surface area contributed by atoms with E-state index in [1.165, 1.54) is 11.8 Å². The maximum atomic E-state index is 11.9. The average Bonchev–Trinajstić information content (AvgIpc) is 2.86. The molecule has 0 aromatic carbocycles. The Morgan fingerprint density at radius 3 is 2.64 bits per heavy atom. The van der Waals surface area contributed by atoms with E-state index in [0.29, 0.717) is 18.1 Å². The number of aryl methyl sites for hydroxylation is 1. The van der Waals surface area contributed by atoms with Gasteiger partial charge in [0, 0.05) is 18.7 Å². The van der Waals surface area contributed by atoms with E-state index in [2.05, 4.69) is 21.1 Å². The van der Waals surface area contributed by atoms with Crippen molar-refractivity contribution in [3.8, 4) is 0 Å². The summed E-state index contributed by atoms with van der Waals surface area (Å²) in [6, 6.07) is 1.86. The largest absolute Gasteiger partial charge is 0.360 e. The lowest BCUT2D eigenvalue weighted by Crippen LogP contribution is -2.38. The lowest BCUT2D eigenvalue weighted by atomic mass is 10.3. The van der Waals surface area contributed by atoms with E-state index < -0.39 is 0 Å². The zero-order valence-electron chi connectivity index (χ0n) is 13.1. The second kappa shape index (κ2) is 10.5. The van der Waals surface area contributed by atoms with Crippen molar-refractivity contribution in [1.82, 2.24) is 15.8 Å². The molecule has 1 rings (SSSR count). The molecule has 1 aromatic heterocycles. The van der Waals surface area contributed by atoms with E-state index in [1.54, 1.807) is 19.9 Å². The van der Waals surface area contributed by atoms with Gasteiger partial charge in [0.15, 0.2) is 5.82 Å². The molecule has 22 heavy (non-hydrogen) atoms. The summed E-state index contributed by atoms with van der Waals surface area (Å²) in [6.45, 7) is 6.03. The molecule has 1 aromatic rings. The predicted octanol–water partition coefficient (Wildman–Crippen LogP) is 1.19. The minimum absolute atomic E-state index is 0. The smallest absolute Gasteiger partial charge is 0.238 e. The third-order valence-corrected chi connectivity index (χ3v) is 3.95. The van der Waals surface area contributed by atoms with Crippen LogP contribution >= 0.6 is 24.2 Å². The lowest BCUT2D eigenvalue weighted by Gasteiger charge is -2.13.